The van der Waals surface area contributed by atoms with E-state index in [1.54, 1.807) is 14.2 Å². The highest BCUT2D eigenvalue weighted by atomic mass is 16.6. The molecular weight excluding hydrogens is 276 g/mol. The number of hydrogen-bond acceptors (Lipinski definition) is 5. The number of rotatable bonds is 7. The van der Waals surface area contributed by atoms with Gasteiger partial charge in [0, 0.05) is 27.2 Å². The third-order valence-electron chi connectivity index (χ3n) is 2.92. The van der Waals surface area contributed by atoms with Crippen LogP contribution in [0.25, 0.3) is 0 Å². The van der Waals surface area contributed by atoms with Gasteiger partial charge in [-0.3, -0.25) is 19.8 Å². The molecule has 0 amide bonds. The molecule has 0 bridgehead atoms. The predicted molar refractivity (Wildman–Crippen MR) is 79.3 cm³/mol. The molecule has 0 fully saturated rings. The van der Waals surface area contributed by atoms with E-state index in [4.69, 9.17) is 4.74 Å². The van der Waals surface area contributed by atoms with E-state index in [1.165, 1.54) is 17.1 Å². The van der Waals surface area contributed by atoms with E-state index in [-0.39, 0.29) is 11.3 Å². The molecule has 0 aromatic carbocycles. The number of methoxy groups -OCH3 is 1. The molecule has 2 N–H and O–H groups in total. The first-order valence-electron chi connectivity index (χ1n) is 6.54. The van der Waals surface area contributed by atoms with Gasteiger partial charge in [0.05, 0.1) is 17.1 Å². The number of nitrogens with zero attached hydrogens (tertiary/aromatic N) is 4. The van der Waals surface area contributed by atoms with Crippen LogP contribution in [-0.2, 0) is 11.3 Å². The summed E-state index contributed by atoms with van der Waals surface area (Å²) in [6, 6.07) is 0. The number of nitro groups is 1. The molecule has 0 atom stereocenters. The Kier molecular flexibility index (Phi) is 6.10. The molecule has 118 valence electrons. The van der Waals surface area contributed by atoms with Crippen LogP contribution < -0.4 is 10.6 Å². The molecule has 0 radical (unpaired) electrons. The summed E-state index contributed by atoms with van der Waals surface area (Å²) in [7, 11) is 3.33. The summed E-state index contributed by atoms with van der Waals surface area (Å²) in [5.74, 6) is 0.641. The van der Waals surface area contributed by atoms with E-state index in [1.807, 2.05) is 13.8 Å². The first-order valence-corrected chi connectivity index (χ1v) is 6.54. The maximum Gasteiger partial charge on any atom is 0.306 e. The largest absolute Gasteiger partial charge is 0.377 e. The van der Waals surface area contributed by atoms with Crippen LogP contribution >= 0.6 is 0 Å². The Labute approximate surface area is 123 Å². The summed E-state index contributed by atoms with van der Waals surface area (Å²) in [4.78, 5) is 14.2. The minimum absolute atomic E-state index is 0.0145. The highest BCUT2D eigenvalue weighted by molar-refractivity contribution is 5.79. The van der Waals surface area contributed by atoms with Gasteiger partial charge in [0.15, 0.2) is 5.96 Å². The minimum Gasteiger partial charge on any atom is -0.377 e. The smallest absolute Gasteiger partial charge is 0.306 e. The van der Waals surface area contributed by atoms with Gasteiger partial charge in [-0.1, -0.05) is 0 Å². The van der Waals surface area contributed by atoms with Crippen molar-refractivity contribution in [3.05, 3.63) is 22.5 Å². The first kappa shape index (κ1) is 16.9. The molecule has 0 saturated heterocycles. The predicted octanol–water partition coefficient (Wildman–Crippen LogP) is 0.381. The van der Waals surface area contributed by atoms with Gasteiger partial charge in [0.1, 0.15) is 12.4 Å². The second-order valence-corrected chi connectivity index (χ2v) is 5.04. The third-order valence-corrected chi connectivity index (χ3v) is 2.92. The second kappa shape index (κ2) is 7.58. The van der Waals surface area contributed by atoms with Crippen LogP contribution in [0.4, 0.5) is 5.69 Å². The van der Waals surface area contributed by atoms with Gasteiger partial charge in [-0.25, -0.2) is 0 Å². The summed E-state index contributed by atoms with van der Waals surface area (Å²) in [6.45, 7) is 5.59. The van der Waals surface area contributed by atoms with Gasteiger partial charge in [-0.05, 0) is 13.8 Å². The number of ether oxygens (including phenoxy) is 1. The monoisotopic (exact) mass is 298 g/mol. The van der Waals surface area contributed by atoms with Gasteiger partial charge in [-0.2, -0.15) is 5.10 Å². The molecular formula is C12H22N6O3. The third kappa shape index (κ3) is 5.78. The normalized spacial score (nSPS) is 12.3. The first-order chi connectivity index (χ1) is 9.88. The summed E-state index contributed by atoms with van der Waals surface area (Å²) >= 11 is 0. The molecule has 0 unspecified atom stereocenters. The average molecular weight is 298 g/mol. The molecule has 1 heterocycles. The van der Waals surface area contributed by atoms with Crippen LogP contribution in [0.5, 0.6) is 0 Å². The molecule has 21 heavy (non-hydrogen) atoms. The van der Waals surface area contributed by atoms with Gasteiger partial charge in [-0.15, -0.1) is 0 Å². The lowest BCUT2D eigenvalue weighted by atomic mass is 10.1. The van der Waals surface area contributed by atoms with Crippen LogP contribution in [0.15, 0.2) is 17.4 Å². The Morgan fingerprint density at radius 1 is 1.57 bits per heavy atom. The van der Waals surface area contributed by atoms with E-state index >= 15 is 0 Å². The molecule has 0 spiro atoms. The van der Waals surface area contributed by atoms with Crippen LogP contribution in [0.1, 0.15) is 13.8 Å². The molecule has 0 aliphatic heterocycles. The number of nitrogens with one attached hydrogen (secondary N) is 2. The van der Waals surface area contributed by atoms with Crippen molar-refractivity contribution in [3.8, 4) is 0 Å². The summed E-state index contributed by atoms with van der Waals surface area (Å²) in [6.07, 6.45) is 2.63. The zero-order valence-corrected chi connectivity index (χ0v) is 12.8. The zero-order chi connectivity index (χ0) is 15.9. The van der Waals surface area contributed by atoms with Crippen molar-refractivity contribution in [1.82, 2.24) is 20.4 Å². The van der Waals surface area contributed by atoms with Crippen molar-refractivity contribution in [3.63, 3.8) is 0 Å². The van der Waals surface area contributed by atoms with E-state index in [2.05, 4.69) is 20.7 Å². The van der Waals surface area contributed by atoms with Crippen LogP contribution in [0.3, 0.4) is 0 Å². The number of guanidine groups is 1. The molecule has 0 aliphatic rings. The zero-order valence-electron chi connectivity index (χ0n) is 12.8. The van der Waals surface area contributed by atoms with Crippen LogP contribution in [0.2, 0.25) is 0 Å². The number of aliphatic imine (C=N–C) groups is 1. The maximum absolute atomic E-state index is 10.5. The van der Waals surface area contributed by atoms with E-state index in [9.17, 15) is 10.1 Å². The van der Waals surface area contributed by atoms with Crippen LogP contribution in [0, 0.1) is 10.1 Å². The number of aromatic nitrogens is 2. The second-order valence-electron chi connectivity index (χ2n) is 5.04. The Balaban J connectivity index is 2.37. The van der Waals surface area contributed by atoms with E-state index in [0.29, 0.717) is 25.6 Å². The quantitative estimate of drug-likeness (QED) is 0.326. The minimum atomic E-state index is -0.468. The summed E-state index contributed by atoms with van der Waals surface area (Å²) in [5, 5.41) is 20.7. The molecule has 0 saturated carbocycles. The fraction of sp³-hybridized carbons (Fsp3) is 0.667. The van der Waals surface area contributed by atoms with Crippen molar-refractivity contribution in [2.75, 3.05) is 27.2 Å². The lowest BCUT2D eigenvalue weighted by Crippen LogP contribution is -2.45. The van der Waals surface area contributed by atoms with Crippen molar-refractivity contribution in [2.24, 2.45) is 4.99 Å². The van der Waals surface area contributed by atoms with Gasteiger partial charge < -0.3 is 15.4 Å². The van der Waals surface area contributed by atoms with Crippen molar-refractivity contribution < 1.29 is 9.66 Å². The summed E-state index contributed by atoms with van der Waals surface area (Å²) in [5.41, 5.74) is -0.306. The Morgan fingerprint density at radius 2 is 2.29 bits per heavy atom. The van der Waals surface area contributed by atoms with Gasteiger partial charge in [0.2, 0.25) is 0 Å². The van der Waals surface area contributed by atoms with Crippen molar-refractivity contribution in [1.29, 1.82) is 0 Å². The van der Waals surface area contributed by atoms with E-state index in [0.717, 1.165) is 0 Å². The van der Waals surface area contributed by atoms with Gasteiger partial charge in [0.25, 0.3) is 0 Å². The highest BCUT2D eigenvalue weighted by Crippen LogP contribution is 2.07. The average Bonchev–Trinajstić information content (AvgIpc) is 2.91. The fourth-order valence-electron chi connectivity index (χ4n) is 1.45. The van der Waals surface area contributed by atoms with Gasteiger partial charge >= 0.3 is 5.69 Å². The van der Waals surface area contributed by atoms with Crippen LogP contribution in [-0.4, -0.2) is 53.5 Å². The maximum atomic E-state index is 10.5. The lowest BCUT2D eigenvalue weighted by molar-refractivity contribution is -0.385. The fourth-order valence-corrected chi connectivity index (χ4v) is 1.45. The van der Waals surface area contributed by atoms with Crippen molar-refractivity contribution >= 4 is 11.6 Å². The molecule has 1 rings (SSSR count). The summed E-state index contributed by atoms with van der Waals surface area (Å²) < 4.78 is 6.82. The molecule has 1 aromatic heterocycles. The Hall–Kier alpha value is -2.16. The van der Waals surface area contributed by atoms with Crippen molar-refractivity contribution in [2.45, 2.75) is 26.0 Å². The number of hydrogen-bond donors (Lipinski definition) is 2. The Morgan fingerprint density at radius 3 is 2.81 bits per heavy atom. The SMILES string of the molecule is CN=C(NCCn1cc([N+](=O)[O-])cn1)NCC(C)(C)OC. The van der Waals surface area contributed by atoms with E-state index < -0.39 is 4.92 Å². The highest BCUT2D eigenvalue weighted by Gasteiger charge is 2.16. The Bertz CT molecular complexity index is 497. The standard InChI is InChI=1S/C12H22N6O3/c1-12(2,21-4)9-15-11(13-3)14-5-6-17-8-10(7-16-17)18(19)20/h7-8H,5-6,9H2,1-4H3,(H2,13,14,15). The topological polar surface area (TPSA) is 107 Å². The molecule has 9 nitrogen and oxygen atoms in total. The lowest BCUT2D eigenvalue weighted by Gasteiger charge is -2.24. The molecule has 0 aliphatic carbocycles. The molecule has 1 aromatic rings. The molecule has 9 heteroatoms.